The van der Waals surface area contributed by atoms with Gasteiger partial charge < -0.3 is 14.6 Å². The van der Waals surface area contributed by atoms with Crippen molar-refractivity contribution in [2.75, 3.05) is 19.7 Å². The number of aliphatic hydroxyl groups excluding tert-OH is 1. The Morgan fingerprint density at radius 3 is 3.09 bits per heavy atom. The quantitative estimate of drug-likeness (QED) is 0.537. The Balaban J connectivity index is 2.38. The summed E-state index contributed by atoms with van der Waals surface area (Å²) in [6.45, 7) is 3.46. The second kappa shape index (κ2) is 3.80. The molecule has 1 aliphatic heterocycles. The number of morpholine rings is 1. The van der Waals surface area contributed by atoms with Crippen molar-refractivity contribution in [1.29, 1.82) is 0 Å². The smallest absolute Gasteiger partial charge is 0.167 e. The fourth-order valence-corrected chi connectivity index (χ4v) is 1.11. The highest BCUT2D eigenvalue weighted by atomic mass is 16.6. The van der Waals surface area contributed by atoms with E-state index in [0.717, 1.165) is 12.8 Å². The van der Waals surface area contributed by atoms with Crippen molar-refractivity contribution in [1.82, 2.24) is 4.90 Å². The number of carbonyl (C=O) groups excluding carboxylic acids is 1. The molecule has 1 aliphatic rings. The number of β-amino-alcohol motifs (C(OH)–C–C–N with tert-alkyl or cyclic N) is 1. The zero-order chi connectivity index (χ0) is 8.27. The minimum absolute atomic E-state index is 0.117. The van der Waals surface area contributed by atoms with Gasteiger partial charge in [0.05, 0.1) is 19.2 Å². The average molecular weight is 159 g/mol. The Labute approximate surface area is 65.8 Å². The van der Waals surface area contributed by atoms with Gasteiger partial charge >= 0.3 is 0 Å². The molecule has 2 atom stereocenters. The lowest BCUT2D eigenvalue weighted by molar-refractivity contribution is -0.153. The minimum Gasteiger partial charge on any atom is -0.367 e. The van der Waals surface area contributed by atoms with E-state index in [1.807, 2.05) is 11.8 Å². The first-order valence-corrected chi connectivity index (χ1v) is 3.73. The summed E-state index contributed by atoms with van der Waals surface area (Å²) in [7, 11) is 0. The highest BCUT2D eigenvalue weighted by Crippen LogP contribution is 2.05. The molecule has 11 heavy (non-hydrogen) atoms. The molecule has 4 nitrogen and oxygen atoms in total. The average Bonchev–Trinajstić information content (AvgIpc) is 2.03. The molecule has 0 saturated carbocycles. The molecule has 1 unspecified atom stereocenters. The van der Waals surface area contributed by atoms with E-state index < -0.39 is 6.29 Å². The van der Waals surface area contributed by atoms with E-state index in [1.54, 1.807) is 0 Å². The predicted octanol–water partition coefficient (Wildman–Crippen LogP) is -0.776. The molecule has 1 N–H and O–H groups in total. The van der Waals surface area contributed by atoms with Gasteiger partial charge in [-0.05, 0) is 6.92 Å². The van der Waals surface area contributed by atoms with Crippen molar-refractivity contribution in [3.8, 4) is 0 Å². The molecule has 0 aromatic heterocycles. The Morgan fingerprint density at radius 1 is 1.82 bits per heavy atom. The summed E-state index contributed by atoms with van der Waals surface area (Å²) >= 11 is 0. The number of hydrogen-bond acceptors (Lipinski definition) is 4. The van der Waals surface area contributed by atoms with Crippen LogP contribution in [0.5, 0.6) is 0 Å². The summed E-state index contributed by atoms with van der Waals surface area (Å²) in [6, 6.07) is -0.117. The Hall–Kier alpha value is -0.450. The van der Waals surface area contributed by atoms with Crippen molar-refractivity contribution in [2.45, 2.75) is 19.3 Å². The van der Waals surface area contributed by atoms with Gasteiger partial charge in [-0.2, -0.15) is 0 Å². The standard InChI is InChI=1S/C7H13NO3/c1-6(5-9)8-2-3-11-7(10)4-8/h5-7,10H,2-4H2,1H3/t6-,7?/m0/s1. The minimum atomic E-state index is -0.730. The lowest BCUT2D eigenvalue weighted by Crippen LogP contribution is -2.47. The third kappa shape index (κ3) is 2.25. The number of hydrogen-bond donors (Lipinski definition) is 1. The molecule has 1 fully saturated rings. The summed E-state index contributed by atoms with van der Waals surface area (Å²) in [4.78, 5) is 12.2. The van der Waals surface area contributed by atoms with E-state index >= 15 is 0 Å². The van der Waals surface area contributed by atoms with Crippen LogP contribution in [0.4, 0.5) is 0 Å². The summed E-state index contributed by atoms with van der Waals surface area (Å²) in [5.41, 5.74) is 0. The van der Waals surface area contributed by atoms with Crippen molar-refractivity contribution in [2.24, 2.45) is 0 Å². The number of carbonyl (C=O) groups is 1. The second-order valence-corrected chi connectivity index (χ2v) is 2.70. The van der Waals surface area contributed by atoms with E-state index in [0.29, 0.717) is 13.2 Å². The topological polar surface area (TPSA) is 49.8 Å². The first kappa shape index (κ1) is 8.64. The van der Waals surface area contributed by atoms with E-state index in [1.165, 1.54) is 0 Å². The molecule has 64 valence electrons. The number of aliphatic hydroxyl groups is 1. The molecule has 1 saturated heterocycles. The molecule has 0 aliphatic carbocycles. The third-order valence-corrected chi connectivity index (χ3v) is 1.85. The van der Waals surface area contributed by atoms with Crippen LogP contribution in [0.3, 0.4) is 0 Å². The maximum atomic E-state index is 10.3. The van der Waals surface area contributed by atoms with Crippen LogP contribution in [-0.4, -0.2) is 48.3 Å². The SMILES string of the molecule is C[C@@H](C=O)N1CCOC(O)C1. The summed E-state index contributed by atoms with van der Waals surface area (Å²) in [6.07, 6.45) is 0.143. The van der Waals surface area contributed by atoms with Gasteiger partial charge in [0, 0.05) is 6.54 Å². The van der Waals surface area contributed by atoms with E-state index in [-0.39, 0.29) is 6.04 Å². The van der Waals surface area contributed by atoms with Crippen molar-refractivity contribution < 1.29 is 14.6 Å². The fourth-order valence-electron chi connectivity index (χ4n) is 1.11. The van der Waals surface area contributed by atoms with Crippen LogP contribution in [0, 0.1) is 0 Å². The van der Waals surface area contributed by atoms with E-state index in [2.05, 4.69) is 0 Å². The van der Waals surface area contributed by atoms with Crippen molar-refractivity contribution in [3.63, 3.8) is 0 Å². The maximum absolute atomic E-state index is 10.3. The van der Waals surface area contributed by atoms with Gasteiger partial charge in [-0.1, -0.05) is 0 Å². The normalized spacial score (nSPS) is 29.8. The van der Waals surface area contributed by atoms with Gasteiger partial charge in [-0.15, -0.1) is 0 Å². The zero-order valence-electron chi connectivity index (χ0n) is 6.56. The molecule has 1 heterocycles. The van der Waals surface area contributed by atoms with Gasteiger partial charge in [-0.25, -0.2) is 0 Å². The zero-order valence-corrected chi connectivity index (χ0v) is 6.56. The van der Waals surface area contributed by atoms with Crippen LogP contribution < -0.4 is 0 Å². The molecule has 4 heteroatoms. The molecular weight excluding hydrogens is 146 g/mol. The lowest BCUT2D eigenvalue weighted by atomic mass is 10.3. The first-order valence-electron chi connectivity index (χ1n) is 3.73. The van der Waals surface area contributed by atoms with E-state index in [9.17, 15) is 4.79 Å². The fraction of sp³-hybridized carbons (Fsp3) is 0.857. The Morgan fingerprint density at radius 2 is 2.55 bits per heavy atom. The second-order valence-electron chi connectivity index (χ2n) is 2.70. The molecule has 0 radical (unpaired) electrons. The van der Waals surface area contributed by atoms with Crippen LogP contribution in [0.2, 0.25) is 0 Å². The molecule has 0 bridgehead atoms. The number of ether oxygens (including phenoxy) is 1. The molecule has 0 aromatic carbocycles. The van der Waals surface area contributed by atoms with Crippen LogP contribution in [0.15, 0.2) is 0 Å². The van der Waals surface area contributed by atoms with Crippen LogP contribution in [-0.2, 0) is 9.53 Å². The van der Waals surface area contributed by atoms with Gasteiger partial charge in [0.2, 0.25) is 0 Å². The molecule has 0 aromatic rings. The van der Waals surface area contributed by atoms with Crippen LogP contribution >= 0.6 is 0 Å². The van der Waals surface area contributed by atoms with Crippen LogP contribution in [0.1, 0.15) is 6.92 Å². The number of rotatable bonds is 2. The number of aldehydes is 1. The van der Waals surface area contributed by atoms with Gasteiger partial charge in [0.25, 0.3) is 0 Å². The summed E-state index contributed by atoms with van der Waals surface area (Å²) in [5.74, 6) is 0. The Kier molecular flexibility index (Phi) is 2.99. The summed E-state index contributed by atoms with van der Waals surface area (Å²) < 4.78 is 4.90. The van der Waals surface area contributed by atoms with Gasteiger partial charge in [0.15, 0.2) is 6.29 Å². The van der Waals surface area contributed by atoms with E-state index in [4.69, 9.17) is 9.84 Å². The molecule has 0 spiro atoms. The van der Waals surface area contributed by atoms with Gasteiger partial charge in [-0.3, -0.25) is 4.90 Å². The maximum Gasteiger partial charge on any atom is 0.167 e. The molecule has 0 amide bonds. The summed E-state index contributed by atoms with van der Waals surface area (Å²) in [5, 5.41) is 9.04. The molecule has 1 rings (SSSR count). The highest BCUT2D eigenvalue weighted by Gasteiger charge is 2.21. The van der Waals surface area contributed by atoms with Gasteiger partial charge in [0.1, 0.15) is 6.29 Å². The lowest BCUT2D eigenvalue weighted by Gasteiger charge is -2.32. The Bertz CT molecular complexity index is 140. The first-order chi connectivity index (χ1) is 5.24. The van der Waals surface area contributed by atoms with Crippen molar-refractivity contribution in [3.05, 3.63) is 0 Å². The van der Waals surface area contributed by atoms with Crippen LogP contribution in [0.25, 0.3) is 0 Å². The molecular formula is C7H13NO3. The highest BCUT2D eigenvalue weighted by molar-refractivity contribution is 5.56. The predicted molar refractivity (Wildman–Crippen MR) is 39.1 cm³/mol. The van der Waals surface area contributed by atoms with Crippen molar-refractivity contribution >= 4 is 6.29 Å². The number of nitrogens with zero attached hydrogens (tertiary/aromatic N) is 1. The largest absolute Gasteiger partial charge is 0.367 e. The third-order valence-electron chi connectivity index (χ3n) is 1.85. The monoisotopic (exact) mass is 159 g/mol.